The van der Waals surface area contributed by atoms with Crippen LogP contribution in [-0.2, 0) is 0 Å². The average Bonchev–Trinajstić information content (AvgIpc) is 2.30. The van der Waals surface area contributed by atoms with Gasteiger partial charge in [0.25, 0.3) is 0 Å². The van der Waals surface area contributed by atoms with E-state index in [9.17, 15) is 4.39 Å². The van der Waals surface area contributed by atoms with E-state index in [2.05, 4.69) is 22.6 Å². The topological polar surface area (TPSA) is 26.0 Å². The van der Waals surface area contributed by atoms with Gasteiger partial charge in [-0.2, -0.15) is 0 Å². The minimum atomic E-state index is -0.237. The van der Waals surface area contributed by atoms with Crippen molar-refractivity contribution in [1.82, 2.24) is 0 Å². The molecular weight excluding hydrogens is 316 g/mol. The molecule has 2 aromatic rings. The smallest absolute Gasteiger partial charge is 0.123 e. The van der Waals surface area contributed by atoms with Crippen LogP contribution in [0.2, 0.25) is 0 Å². The van der Waals surface area contributed by atoms with E-state index in [1.807, 2.05) is 24.3 Å². The first-order valence-corrected chi connectivity index (χ1v) is 6.01. The summed E-state index contributed by atoms with van der Waals surface area (Å²) in [5, 5.41) is 0. The maximum absolute atomic E-state index is 12.8. The van der Waals surface area contributed by atoms with Gasteiger partial charge >= 0.3 is 0 Å². The largest absolute Gasteiger partial charge is 0.320 e. The monoisotopic (exact) mass is 327 g/mol. The van der Waals surface area contributed by atoms with Crippen LogP contribution >= 0.6 is 22.6 Å². The Morgan fingerprint density at radius 1 is 0.875 bits per heavy atom. The molecule has 82 valence electrons. The van der Waals surface area contributed by atoms with Crippen LogP contribution in [-0.4, -0.2) is 0 Å². The summed E-state index contributed by atoms with van der Waals surface area (Å²) >= 11 is 2.25. The van der Waals surface area contributed by atoms with E-state index >= 15 is 0 Å². The molecule has 0 aromatic heterocycles. The van der Waals surface area contributed by atoms with Gasteiger partial charge in [-0.05, 0) is 58.0 Å². The van der Waals surface area contributed by atoms with Crippen LogP contribution in [0.1, 0.15) is 17.2 Å². The Labute approximate surface area is 108 Å². The summed E-state index contributed by atoms with van der Waals surface area (Å²) in [6, 6.07) is 14.1. The van der Waals surface area contributed by atoms with Crippen LogP contribution in [0.15, 0.2) is 48.5 Å². The molecule has 0 saturated carbocycles. The standard InChI is InChI=1S/C13H11FIN/c14-11-5-1-9(2-6-11)13(16)10-3-7-12(15)8-4-10/h1-8,13H,16H2. The first kappa shape index (κ1) is 11.5. The number of halogens is 2. The SMILES string of the molecule is NC(c1ccc(F)cc1)c1ccc(I)cc1. The predicted octanol–water partition coefficient (Wildman–Crippen LogP) is 3.48. The fourth-order valence-corrected chi connectivity index (χ4v) is 1.89. The predicted molar refractivity (Wildman–Crippen MR) is 71.6 cm³/mol. The Bertz CT molecular complexity index is 419. The number of nitrogens with two attached hydrogens (primary N) is 1. The lowest BCUT2D eigenvalue weighted by Gasteiger charge is -2.12. The highest BCUT2D eigenvalue weighted by molar-refractivity contribution is 14.1. The van der Waals surface area contributed by atoms with Crippen molar-refractivity contribution in [2.24, 2.45) is 5.73 Å². The maximum Gasteiger partial charge on any atom is 0.123 e. The van der Waals surface area contributed by atoms with Gasteiger partial charge in [0.2, 0.25) is 0 Å². The third-order valence-corrected chi connectivity index (χ3v) is 3.18. The van der Waals surface area contributed by atoms with E-state index < -0.39 is 0 Å². The second-order valence-corrected chi connectivity index (χ2v) is 4.83. The van der Waals surface area contributed by atoms with Crippen molar-refractivity contribution in [1.29, 1.82) is 0 Å². The molecule has 0 aliphatic heterocycles. The van der Waals surface area contributed by atoms with Crippen molar-refractivity contribution in [3.05, 3.63) is 69.0 Å². The molecule has 2 rings (SSSR count). The van der Waals surface area contributed by atoms with E-state index in [0.717, 1.165) is 11.1 Å². The van der Waals surface area contributed by atoms with Crippen LogP contribution < -0.4 is 5.73 Å². The lowest BCUT2D eigenvalue weighted by molar-refractivity contribution is 0.626. The molecule has 0 aliphatic rings. The van der Waals surface area contributed by atoms with E-state index in [1.54, 1.807) is 12.1 Å². The van der Waals surface area contributed by atoms with Crippen molar-refractivity contribution in [2.45, 2.75) is 6.04 Å². The van der Waals surface area contributed by atoms with Gasteiger partial charge in [0.05, 0.1) is 6.04 Å². The van der Waals surface area contributed by atoms with Gasteiger partial charge in [-0.3, -0.25) is 0 Å². The fraction of sp³-hybridized carbons (Fsp3) is 0.0769. The summed E-state index contributed by atoms with van der Waals surface area (Å²) in [4.78, 5) is 0. The third-order valence-electron chi connectivity index (χ3n) is 2.46. The molecule has 0 spiro atoms. The highest BCUT2D eigenvalue weighted by Gasteiger charge is 2.08. The van der Waals surface area contributed by atoms with Gasteiger partial charge in [0.1, 0.15) is 5.82 Å². The first-order valence-electron chi connectivity index (χ1n) is 4.93. The quantitative estimate of drug-likeness (QED) is 0.840. The molecule has 2 aromatic carbocycles. The third kappa shape index (κ3) is 2.59. The molecule has 0 fully saturated rings. The zero-order valence-corrected chi connectivity index (χ0v) is 10.7. The van der Waals surface area contributed by atoms with E-state index in [4.69, 9.17) is 5.73 Å². The molecule has 1 unspecified atom stereocenters. The van der Waals surface area contributed by atoms with Gasteiger partial charge in [-0.1, -0.05) is 24.3 Å². The Kier molecular flexibility index (Phi) is 3.56. The van der Waals surface area contributed by atoms with Crippen LogP contribution in [0.5, 0.6) is 0 Å². The van der Waals surface area contributed by atoms with Crippen LogP contribution in [0.25, 0.3) is 0 Å². The second kappa shape index (κ2) is 4.93. The van der Waals surface area contributed by atoms with Gasteiger partial charge in [0, 0.05) is 3.57 Å². The molecule has 0 aliphatic carbocycles. The normalized spacial score (nSPS) is 12.4. The van der Waals surface area contributed by atoms with Gasteiger partial charge < -0.3 is 5.73 Å². The van der Waals surface area contributed by atoms with Crippen molar-refractivity contribution in [3.63, 3.8) is 0 Å². The second-order valence-electron chi connectivity index (χ2n) is 3.58. The summed E-state index contributed by atoms with van der Waals surface area (Å²) in [6.45, 7) is 0. The molecule has 2 N–H and O–H groups in total. The lowest BCUT2D eigenvalue weighted by Crippen LogP contribution is -2.11. The van der Waals surface area contributed by atoms with E-state index in [0.29, 0.717) is 0 Å². The fourth-order valence-electron chi connectivity index (χ4n) is 1.53. The Morgan fingerprint density at radius 3 is 1.81 bits per heavy atom. The number of benzene rings is 2. The van der Waals surface area contributed by atoms with Crippen molar-refractivity contribution in [2.75, 3.05) is 0 Å². The summed E-state index contributed by atoms with van der Waals surface area (Å²) in [5.74, 6) is -0.237. The zero-order chi connectivity index (χ0) is 11.5. The molecular formula is C13H11FIN. The first-order chi connectivity index (χ1) is 7.66. The zero-order valence-electron chi connectivity index (χ0n) is 8.53. The molecule has 3 heteroatoms. The van der Waals surface area contributed by atoms with Gasteiger partial charge in [-0.25, -0.2) is 4.39 Å². The highest BCUT2D eigenvalue weighted by Crippen LogP contribution is 2.20. The molecule has 0 bridgehead atoms. The Hall–Kier alpha value is -0.940. The highest BCUT2D eigenvalue weighted by atomic mass is 127. The molecule has 0 saturated heterocycles. The number of rotatable bonds is 2. The van der Waals surface area contributed by atoms with Gasteiger partial charge in [0.15, 0.2) is 0 Å². The molecule has 0 heterocycles. The van der Waals surface area contributed by atoms with Gasteiger partial charge in [-0.15, -0.1) is 0 Å². The molecule has 0 amide bonds. The van der Waals surface area contributed by atoms with E-state index in [1.165, 1.54) is 15.7 Å². The molecule has 1 atom stereocenters. The van der Waals surface area contributed by atoms with Crippen LogP contribution in [0, 0.1) is 9.39 Å². The molecule has 0 radical (unpaired) electrons. The number of hydrogen-bond acceptors (Lipinski definition) is 1. The average molecular weight is 327 g/mol. The maximum atomic E-state index is 12.8. The van der Waals surface area contributed by atoms with Crippen molar-refractivity contribution in [3.8, 4) is 0 Å². The minimum Gasteiger partial charge on any atom is -0.320 e. The molecule has 16 heavy (non-hydrogen) atoms. The minimum absolute atomic E-state index is 0.197. The summed E-state index contributed by atoms with van der Waals surface area (Å²) < 4.78 is 13.9. The van der Waals surface area contributed by atoms with Crippen molar-refractivity contribution >= 4 is 22.6 Å². The van der Waals surface area contributed by atoms with Crippen LogP contribution in [0.3, 0.4) is 0 Å². The van der Waals surface area contributed by atoms with Crippen LogP contribution in [0.4, 0.5) is 4.39 Å². The van der Waals surface area contributed by atoms with E-state index in [-0.39, 0.29) is 11.9 Å². The molecule has 1 nitrogen and oxygen atoms in total. The lowest BCUT2D eigenvalue weighted by atomic mass is 10.00. The summed E-state index contributed by atoms with van der Waals surface area (Å²) in [5.41, 5.74) is 8.04. The number of hydrogen-bond donors (Lipinski definition) is 1. The summed E-state index contributed by atoms with van der Waals surface area (Å²) in [6.07, 6.45) is 0. The summed E-state index contributed by atoms with van der Waals surface area (Å²) in [7, 11) is 0. The van der Waals surface area contributed by atoms with Crippen molar-refractivity contribution < 1.29 is 4.39 Å². The Morgan fingerprint density at radius 2 is 1.31 bits per heavy atom. The Balaban J connectivity index is 2.28.